The van der Waals surface area contributed by atoms with Crippen LogP contribution in [0.1, 0.15) is 17.3 Å². The number of nitrogens with one attached hydrogen (secondary N) is 1. The Kier molecular flexibility index (Phi) is 4.80. The van der Waals surface area contributed by atoms with Gasteiger partial charge >= 0.3 is 0 Å². The lowest BCUT2D eigenvalue weighted by Gasteiger charge is -2.36. The minimum atomic E-state index is -0.344. The average Bonchev–Trinajstić information content (AvgIpc) is 2.44. The third kappa shape index (κ3) is 3.39. The molecular formula is C13H18ClN3O3. The van der Waals surface area contributed by atoms with Crippen LogP contribution in [0.4, 0.5) is 5.82 Å². The standard InChI is InChI=1S/C13H18ClN3O3/c1-8-5-17(6-10(7-18)20-8)13(19)9-3-11(14)16-12(4-9)15-2/h3-4,8,10,18H,5-7H2,1-2H3,(H,15,16). The molecule has 1 aliphatic rings. The number of aliphatic hydroxyl groups excluding tert-OH is 1. The number of halogens is 1. The smallest absolute Gasteiger partial charge is 0.254 e. The summed E-state index contributed by atoms with van der Waals surface area (Å²) in [5.74, 6) is 0.403. The maximum Gasteiger partial charge on any atom is 0.254 e. The van der Waals surface area contributed by atoms with Gasteiger partial charge in [-0.05, 0) is 19.1 Å². The van der Waals surface area contributed by atoms with Crippen LogP contribution in [-0.2, 0) is 4.74 Å². The number of nitrogens with zero attached hydrogens (tertiary/aromatic N) is 2. The highest BCUT2D eigenvalue weighted by molar-refractivity contribution is 6.29. The second-order valence-corrected chi connectivity index (χ2v) is 5.16. The van der Waals surface area contributed by atoms with Crippen molar-refractivity contribution in [2.24, 2.45) is 0 Å². The monoisotopic (exact) mass is 299 g/mol. The summed E-state index contributed by atoms with van der Waals surface area (Å²) < 4.78 is 5.53. The summed E-state index contributed by atoms with van der Waals surface area (Å²) in [6.07, 6.45) is -0.449. The quantitative estimate of drug-likeness (QED) is 0.815. The summed E-state index contributed by atoms with van der Waals surface area (Å²) in [6.45, 7) is 2.63. The third-order valence-electron chi connectivity index (χ3n) is 3.11. The van der Waals surface area contributed by atoms with E-state index in [1.807, 2.05) is 6.92 Å². The Balaban J connectivity index is 2.20. The molecule has 0 bridgehead atoms. The molecule has 2 heterocycles. The van der Waals surface area contributed by atoms with Crippen LogP contribution in [0, 0.1) is 0 Å². The summed E-state index contributed by atoms with van der Waals surface area (Å²) in [4.78, 5) is 18.2. The molecule has 2 rings (SSSR count). The summed E-state index contributed by atoms with van der Waals surface area (Å²) in [5, 5.41) is 12.3. The lowest BCUT2D eigenvalue weighted by molar-refractivity contribution is -0.0858. The number of hydrogen-bond acceptors (Lipinski definition) is 5. The van der Waals surface area contributed by atoms with Crippen LogP contribution >= 0.6 is 11.6 Å². The van der Waals surface area contributed by atoms with Crippen molar-refractivity contribution < 1.29 is 14.6 Å². The lowest BCUT2D eigenvalue weighted by Crippen LogP contribution is -2.50. The van der Waals surface area contributed by atoms with Crippen LogP contribution < -0.4 is 5.32 Å². The molecular weight excluding hydrogens is 282 g/mol. The number of morpholine rings is 1. The highest BCUT2D eigenvalue weighted by Gasteiger charge is 2.28. The topological polar surface area (TPSA) is 74.7 Å². The fourth-order valence-electron chi connectivity index (χ4n) is 2.24. The maximum absolute atomic E-state index is 12.5. The molecule has 1 aromatic heterocycles. The first-order valence-electron chi connectivity index (χ1n) is 6.44. The van der Waals surface area contributed by atoms with E-state index in [-0.39, 0.29) is 29.9 Å². The highest BCUT2D eigenvalue weighted by Crippen LogP contribution is 2.19. The SMILES string of the molecule is CNc1cc(C(=O)N2CC(C)OC(CO)C2)cc(Cl)n1. The van der Waals surface area contributed by atoms with Gasteiger partial charge in [0.15, 0.2) is 0 Å². The molecule has 0 aliphatic carbocycles. The number of pyridine rings is 1. The van der Waals surface area contributed by atoms with E-state index >= 15 is 0 Å². The molecule has 110 valence electrons. The highest BCUT2D eigenvalue weighted by atomic mass is 35.5. The van der Waals surface area contributed by atoms with Crippen molar-refractivity contribution in [2.75, 3.05) is 32.1 Å². The largest absolute Gasteiger partial charge is 0.394 e. The number of anilines is 1. The van der Waals surface area contributed by atoms with Crippen LogP contribution in [0.25, 0.3) is 0 Å². The van der Waals surface area contributed by atoms with E-state index in [1.165, 1.54) is 0 Å². The van der Waals surface area contributed by atoms with Gasteiger partial charge in [0.1, 0.15) is 11.0 Å². The van der Waals surface area contributed by atoms with Crippen molar-refractivity contribution in [2.45, 2.75) is 19.1 Å². The first-order valence-corrected chi connectivity index (χ1v) is 6.82. The van der Waals surface area contributed by atoms with Gasteiger partial charge in [-0.2, -0.15) is 0 Å². The molecule has 1 fully saturated rings. The molecule has 2 unspecified atom stereocenters. The second kappa shape index (κ2) is 6.39. The van der Waals surface area contributed by atoms with Crippen molar-refractivity contribution >= 4 is 23.3 Å². The van der Waals surface area contributed by atoms with E-state index in [0.29, 0.717) is 24.5 Å². The zero-order chi connectivity index (χ0) is 14.7. The Morgan fingerprint density at radius 2 is 2.35 bits per heavy atom. The average molecular weight is 300 g/mol. The number of ether oxygens (including phenoxy) is 1. The zero-order valence-corrected chi connectivity index (χ0v) is 12.2. The van der Waals surface area contributed by atoms with Gasteiger partial charge in [-0.3, -0.25) is 4.79 Å². The molecule has 0 spiro atoms. The van der Waals surface area contributed by atoms with E-state index in [0.717, 1.165) is 0 Å². The van der Waals surface area contributed by atoms with Gasteiger partial charge in [0, 0.05) is 25.7 Å². The summed E-state index contributed by atoms with van der Waals surface area (Å²) >= 11 is 5.91. The van der Waals surface area contributed by atoms with Gasteiger partial charge in [0.2, 0.25) is 0 Å². The summed E-state index contributed by atoms with van der Waals surface area (Å²) in [7, 11) is 1.71. The number of hydrogen-bond donors (Lipinski definition) is 2. The molecule has 0 radical (unpaired) electrons. The van der Waals surface area contributed by atoms with Gasteiger partial charge in [-0.1, -0.05) is 11.6 Å². The van der Waals surface area contributed by atoms with Crippen molar-refractivity contribution in [1.82, 2.24) is 9.88 Å². The fourth-order valence-corrected chi connectivity index (χ4v) is 2.45. The van der Waals surface area contributed by atoms with Crippen molar-refractivity contribution in [1.29, 1.82) is 0 Å². The fraction of sp³-hybridized carbons (Fsp3) is 0.538. The molecule has 0 saturated carbocycles. The Labute approximate surface area is 122 Å². The first kappa shape index (κ1) is 15.0. The minimum absolute atomic E-state index is 0.104. The molecule has 7 heteroatoms. The molecule has 0 aromatic carbocycles. The summed E-state index contributed by atoms with van der Waals surface area (Å²) in [5.41, 5.74) is 0.472. The molecule has 1 aliphatic heterocycles. The number of amides is 1. The first-order chi connectivity index (χ1) is 9.53. The van der Waals surface area contributed by atoms with Crippen LogP contribution in [0.15, 0.2) is 12.1 Å². The molecule has 6 nitrogen and oxygen atoms in total. The summed E-state index contributed by atoms with van der Waals surface area (Å²) in [6, 6.07) is 3.20. The minimum Gasteiger partial charge on any atom is -0.394 e. The zero-order valence-electron chi connectivity index (χ0n) is 11.5. The van der Waals surface area contributed by atoms with Crippen molar-refractivity contribution in [3.8, 4) is 0 Å². The Morgan fingerprint density at radius 3 is 3.00 bits per heavy atom. The predicted molar refractivity (Wildman–Crippen MR) is 76.1 cm³/mol. The van der Waals surface area contributed by atoms with Crippen LogP contribution in [-0.4, -0.2) is 59.8 Å². The normalized spacial score (nSPS) is 22.7. The molecule has 1 amide bonds. The molecule has 1 saturated heterocycles. The van der Waals surface area contributed by atoms with Crippen LogP contribution in [0.3, 0.4) is 0 Å². The van der Waals surface area contributed by atoms with E-state index in [2.05, 4.69) is 10.3 Å². The molecule has 2 N–H and O–H groups in total. The Bertz CT molecular complexity index is 498. The number of carbonyl (C=O) groups excluding carboxylic acids is 1. The molecule has 20 heavy (non-hydrogen) atoms. The van der Waals surface area contributed by atoms with E-state index < -0.39 is 0 Å². The second-order valence-electron chi connectivity index (χ2n) is 4.78. The van der Waals surface area contributed by atoms with Gasteiger partial charge in [0.05, 0.1) is 18.8 Å². The number of aliphatic hydroxyl groups is 1. The molecule has 2 atom stereocenters. The van der Waals surface area contributed by atoms with Crippen molar-refractivity contribution in [3.63, 3.8) is 0 Å². The van der Waals surface area contributed by atoms with Gasteiger partial charge in [-0.25, -0.2) is 4.98 Å². The lowest BCUT2D eigenvalue weighted by atomic mass is 10.1. The molecule has 1 aromatic rings. The number of rotatable bonds is 3. The van der Waals surface area contributed by atoms with E-state index in [4.69, 9.17) is 16.3 Å². The van der Waals surface area contributed by atoms with Crippen LogP contribution in [0.2, 0.25) is 5.15 Å². The number of aromatic nitrogens is 1. The Morgan fingerprint density at radius 1 is 1.60 bits per heavy atom. The van der Waals surface area contributed by atoms with E-state index in [9.17, 15) is 9.90 Å². The predicted octanol–water partition coefficient (Wildman–Crippen LogP) is 0.998. The Hall–Kier alpha value is -1.37. The third-order valence-corrected chi connectivity index (χ3v) is 3.31. The van der Waals surface area contributed by atoms with Crippen LogP contribution in [0.5, 0.6) is 0 Å². The van der Waals surface area contributed by atoms with Crippen molar-refractivity contribution in [3.05, 3.63) is 22.8 Å². The maximum atomic E-state index is 12.5. The van der Waals surface area contributed by atoms with E-state index in [1.54, 1.807) is 24.1 Å². The van der Waals surface area contributed by atoms with Gasteiger partial charge < -0.3 is 20.1 Å². The van der Waals surface area contributed by atoms with Gasteiger partial charge in [0.25, 0.3) is 5.91 Å². The number of carbonyl (C=O) groups is 1. The van der Waals surface area contributed by atoms with Gasteiger partial charge in [-0.15, -0.1) is 0 Å².